The SMILES string of the molecule is CCOc1cccc(CNC(=O)Cc2ccc(N)cn2)c1.Cl. The van der Waals surface area contributed by atoms with Gasteiger partial charge in [-0.3, -0.25) is 9.78 Å². The molecule has 2 aromatic rings. The molecule has 0 radical (unpaired) electrons. The summed E-state index contributed by atoms with van der Waals surface area (Å²) in [5.41, 5.74) is 7.84. The Morgan fingerprint density at radius 1 is 1.32 bits per heavy atom. The number of anilines is 1. The van der Waals surface area contributed by atoms with Gasteiger partial charge in [0.1, 0.15) is 5.75 Å². The fraction of sp³-hybridized carbons (Fsp3) is 0.250. The van der Waals surface area contributed by atoms with Gasteiger partial charge in [0.15, 0.2) is 0 Å². The molecule has 5 nitrogen and oxygen atoms in total. The molecular weight excluding hydrogens is 302 g/mol. The maximum absolute atomic E-state index is 11.9. The Labute approximate surface area is 136 Å². The second kappa shape index (κ2) is 8.89. The summed E-state index contributed by atoms with van der Waals surface area (Å²) in [5, 5.41) is 2.87. The van der Waals surface area contributed by atoms with Crippen molar-refractivity contribution in [3.05, 3.63) is 53.9 Å². The highest BCUT2D eigenvalue weighted by Crippen LogP contribution is 2.13. The summed E-state index contributed by atoms with van der Waals surface area (Å²) in [7, 11) is 0. The number of nitrogens with two attached hydrogens (primary N) is 1. The third kappa shape index (κ3) is 5.61. The largest absolute Gasteiger partial charge is 0.494 e. The summed E-state index contributed by atoms with van der Waals surface area (Å²) < 4.78 is 5.43. The second-order valence-corrected chi connectivity index (χ2v) is 4.62. The maximum Gasteiger partial charge on any atom is 0.226 e. The molecule has 0 spiro atoms. The highest BCUT2D eigenvalue weighted by Gasteiger charge is 2.05. The first-order valence-corrected chi connectivity index (χ1v) is 6.86. The summed E-state index contributed by atoms with van der Waals surface area (Å²) in [6.45, 7) is 3.03. The van der Waals surface area contributed by atoms with Crippen LogP contribution in [0, 0.1) is 0 Å². The quantitative estimate of drug-likeness (QED) is 0.856. The number of rotatable bonds is 6. The number of carbonyl (C=O) groups excluding carboxylic acids is 1. The van der Waals surface area contributed by atoms with Crippen LogP contribution in [0.5, 0.6) is 5.75 Å². The van der Waals surface area contributed by atoms with Crippen LogP contribution in [0.15, 0.2) is 42.6 Å². The molecule has 118 valence electrons. The van der Waals surface area contributed by atoms with Gasteiger partial charge in [0.25, 0.3) is 0 Å². The standard InChI is InChI=1S/C16H19N3O2.ClH/c1-2-21-15-5-3-4-12(8-15)10-19-16(20)9-14-7-6-13(17)11-18-14;/h3-8,11H,2,9-10,17H2,1H3,(H,19,20);1H. The number of carbonyl (C=O) groups is 1. The van der Waals surface area contributed by atoms with Crippen LogP contribution in [0.2, 0.25) is 0 Å². The van der Waals surface area contributed by atoms with Crippen molar-refractivity contribution in [2.45, 2.75) is 19.9 Å². The Bertz CT molecular complexity index is 603. The molecule has 1 aromatic heterocycles. The van der Waals surface area contributed by atoms with Gasteiger partial charge >= 0.3 is 0 Å². The van der Waals surface area contributed by atoms with Gasteiger partial charge in [-0.1, -0.05) is 12.1 Å². The molecule has 3 N–H and O–H groups in total. The van der Waals surface area contributed by atoms with E-state index in [9.17, 15) is 4.79 Å². The predicted octanol–water partition coefficient (Wildman–Crippen LogP) is 2.34. The average Bonchev–Trinajstić information content (AvgIpc) is 2.48. The Morgan fingerprint density at radius 3 is 2.82 bits per heavy atom. The number of pyridine rings is 1. The maximum atomic E-state index is 11.9. The molecule has 0 saturated carbocycles. The van der Waals surface area contributed by atoms with Crippen LogP contribution >= 0.6 is 12.4 Å². The number of nitrogens with zero attached hydrogens (tertiary/aromatic N) is 1. The van der Waals surface area contributed by atoms with Crippen molar-refractivity contribution < 1.29 is 9.53 Å². The normalized spacial score (nSPS) is 9.68. The van der Waals surface area contributed by atoms with Gasteiger partial charge in [0, 0.05) is 12.2 Å². The van der Waals surface area contributed by atoms with Crippen molar-refractivity contribution >= 4 is 24.0 Å². The number of hydrogen-bond acceptors (Lipinski definition) is 4. The zero-order valence-electron chi connectivity index (χ0n) is 12.4. The molecule has 22 heavy (non-hydrogen) atoms. The van der Waals surface area contributed by atoms with Gasteiger partial charge in [-0.25, -0.2) is 0 Å². The van der Waals surface area contributed by atoms with Crippen LogP contribution in [-0.2, 0) is 17.8 Å². The van der Waals surface area contributed by atoms with Crippen molar-refractivity contribution in [2.75, 3.05) is 12.3 Å². The van der Waals surface area contributed by atoms with Gasteiger partial charge in [-0.2, -0.15) is 0 Å². The minimum atomic E-state index is -0.0749. The highest BCUT2D eigenvalue weighted by atomic mass is 35.5. The summed E-state index contributed by atoms with van der Waals surface area (Å²) >= 11 is 0. The van der Waals surface area contributed by atoms with E-state index in [2.05, 4.69) is 10.3 Å². The molecule has 1 aromatic carbocycles. The van der Waals surface area contributed by atoms with Crippen molar-refractivity contribution in [2.24, 2.45) is 0 Å². The molecule has 2 rings (SSSR count). The molecule has 1 amide bonds. The number of halogens is 1. The number of aromatic nitrogens is 1. The van der Waals surface area contributed by atoms with E-state index in [1.165, 1.54) is 0 Å². The van der Waals surface area contributed by atoms with Crippen molar-refractivity contribution in [3.8, 4) is 5.75 Å². The number of ether oxygens (including phenoxy) is 1. The van der Waals surface area contributed by atoms with Crippen molar-refractivity contribution in [1.82, 2.24) is 10.3 Å². The minimum Gasteiger partial charge on any atom is -0.494 e. The van der Waals surface area contributed by atoms with Gasteiger partial charge in [-0.05, 0) is 36.8 Å². The molecule has 0 bridgehead atoms. The van der Waals surface area contributed by atoms with Crippen LogP contribution in [0.1, 0.15) is 18.2 Å². The van der Waals surface area contributed by atoms with Crippen LogP contribution in [0.3, 0.4) is 0 Å². The fourth-order valence-corrected chi connectivity index (χ4v) is 1.88. The molecule has 0 saturated heterocycles. The lowest BCUT2D eigenvalue weighted by atomic mass is 10.2. The van der Waals surface area contributed by atoms with E-state index in [-0.39, 0.29) is 24.7 Å². The first-order chi connectivity index (χ1) is 10.2. The zero-order valence-corrected chi connectivity index (χ0v) is 13.2. The lowest BCUT2D eigenvalue weighted by Crippen LogP contribution is -2.24. The Balaban J connectivity index is 0.00000242. The van der Waals surface area contributed by atoms with E-state index in [4.69, 9.17) is 10.5 Å². The lowest BCUT2D eigenvalue weighted by Gasteiger charge is -2.08. The van der Waals surface area contributed by atoms with E-state index >= 15 is 0 Å². The third-order valence-electron chi connectivity index (χ3n) is 2.89. The van der Waals surface area contributed by atoms with Crippen LogP contribution in [-0.4, -0.2) is 17.5 Å². The van der Waals surface area contributed by atoms with Crippen LogP contribution in [0.4, 0.5) is 5.69 Å². The smallest absolute Gasteiger partial charge is 0.226 e. The first-order valence-electron chi connectivity index (χ1n) is 6.86. The van der Waals surface area contributed by atoms with Gasteiger partial charge in [-0.15, -0.1) is 12.4 Å². The minimum absolute atomic E-state index is 0. The lowest BCUT2D eigenvalue weighted by molar-refractivity contribution is -0.120. The predicted molar refractivity (Wildman–Crippen MR) is 89.1 cm³/mol. The van der Waals surface area contributed by atoms with E-state index < -0.39 is 0 Å². The summed E-state index contributed by atoms with van der Waals surface area (Å²) in [6, 6.07) is 11.2. The summed E-state index contributed by atoms with van der Waals surface area (Å²) in [4.78, 5) is 16.0. The number of amides is 1. The third-order valence-corrected chi connectivity index (χ3v) is 2.89. The first kappa shape index (κ1) is 17.8. The van der Waals surface area contributed by atoms with Crippen molar-refractivity contribution in [3.63, 3.8) is 0 Å². The Kier molecular flexibility index (Phi) is 7.19. The van der Waals surface area contributed by atoms with Gasteiger partial charge in [0.05, 0.1) is 24.9 Å². The van der Waals surface area contributed by atoms with Gasteiger partial charge < -0.3 is 15.8 Å². The zero-order chi connectivity index (χ0) is 15.1. The Morgan fingerprint density at radius 2 is 2.14 bits per heavy atom. The number of nitrogen functional groups attached to an aromatic ring is 1. The molecule has 0 aliphatic rings. The fourth-order valence-electron chi connectivity index (χ4n) is 1.88. The van der Waals surface area contributed by atoms with E-state index in [1.807, 2.05) is 31.2 Å². The molecule has 6 heteroatoms. The van der Waals surface area contributed by atoms with Crippen LogP contribution < -0.4 is 15.8 Å². The number of benzene rings is 1. The monoisotopic (exact) mass is 321 g/mol. The summed E-state index contributed by atoms with van der Waals surface area (Å²) in [6.07, 6.45) is 1.79. The van der Waals surface area contributed by atoms with Gasteiger partial charge in [0.2, 0.25) is 5.91 Å². The summed E-state index contributed by atoms with van der Waals surface area (Å²) in [5.74, 6) is 0.735. The highest BCUT2D eigenvalue weighted by molar-refractivity contribution is 5.85. The number of nitrogens with one attached hydrogen (secondary N) is 1. The Hall–Kier alpha value is -2.27. The van der Waals surface area contributed by atoms with E-state index in [0.717, 1.165) is 11.3 Å². The van der Waals surface area contributed by atoms with E-state index in [0.29, 0.717) is 24.5 Å². The second-order valence-electron chi connectivity index (χ2n) is 4.62. The molecule has 0 aliphatic heterocycles. The van der Waals surface area contributed by atoms with Crippen LogP contribution in [0.25, 0.3) is 0 Å². The number of hydrogen-bond donors (Lipinski definition) is 2. The molecule has 1 heterocycles. The molecule has 0 fully saturated rings. The molecule has 0 aliphatic carbocycles. The molecular formula is C16H20ClN3O2. The topological polar surface area (TPSA) is 77.2 Å². The molecule has 0 unspecified atom stereocenters. The average molecular weight is 322 g/mol. The molecule has 0 atom stereocenters. The van der Waals surface area contributed by atoms with Crippen molar-refractivity contribution in [1.29, 1.82) is 0 Å². The van der Waals surface area contributed by atoms with E-state index in [1.54, 1.807) is 18.3 Å².